The fraction of sp³-hybridized carbons (Fsp3) is 0.333. The Morgan fingerprint density at radius 3 is 2.24 bits per heavy atom. The summed E-state index contributed by atoms with van der Waals surface area (Å²) in [6, 6.07) is 6.07. The molecule has 0 atom stereocenters. The first-order chi connectivity index (χ1) is 7.84. The molecule has 17 heavy (non-hydrogen) atoms. The van der Waals surface area contributed by atoms with Crippen LogP contribution in [0, 0.1) is 15.5 Å². The van der Waals surface area contributed by atoms with Gasteiger partial charge in [0.1, 0.15) is 11.5 Å². The number of ether oxygens (including phenoxy) is 1. The smallest absolute Gasteiger partial charge is 0.269 e. The quantitative estimate of drug-likeness (QED) is 0.355. The molecule has 0 saturated heterocycles. The lowest BCUT2D eigenvalue weighted by molar-refractivity contribution is -0.384. The fourth-order valence-corrected chi connectivity index (χ4v) is 2.16. The van der Waals surface area contributed by atoms with Gasteiger partial charge in [0.05, 0.1) is 4.92 Å². The summed E-state index contributed by atoms with van der Waals surface area (Å²) in [5.74, 6) is 1.43. The number of nitro benzene ring substituents is 1. The van der Waals surface area contributed by atoms with Crippen LogP contribution >= 0.6 is 22.6 Å². The second-order valence-corrected chi connectivity index (χ2v) is 5.20. The molecule has 0 saturated carbocycles. The van der Waals surface area contributed by atoms with Crippen LogP contribution in [0.2, 0.25) is 0 Å². The lowest BCUT2D eigenvalue weighted by atomic mass is 9.95. The van der Waals surface area contributed by atoms with Crippen LogP contribution in [0.5, 0.6) is 5.75 Å². The van der Waals surface area contributed by atoms with Crippen LogP contribution in [-0.2, 0) is 0 Å². The zero-order valence-electron chi connectivity index (χ0n) is 9.94. The van der Waals surface area contributed by atoms with E-state index in [1.54, 1.807) is 12.1 Å². The zero-order chi connectivity index (χ0) is 13.1. The molecular formula is C12H14INO3. The molecule has 0 aromatic heterocycles. The second kappa shape index (κ2) is 5.48. The number of allylic oxidation sites excluding steroid dienone is 1. The van der Waals surface area contributed by atoms with Gasteiger partial charge in [0.2, 0.25) is 0 Å². The molecule has 4 nitrogen and oxygen atoms in total. The molecule has 0 radical (unpaired) electrons. The van der Waals surface area contributed by atoms with E-state index in [0.717, 1.165) is 5.76 Å². The van der Waals surface area contributed by atoms with Crippen molar-refractivity contribution in [3.63, 3.8) is 0 Å². The molecule has 1 aromatic rings. The van der Waals surface area contributed by atoms with E-state index in [4.69, 9.17) is 4.74 Å². The first-order valence-corrected chi connectivity index (χ1v) is 6.32. The molecule has 0 N–H and O–H groups in total. The Labute approximate surface area is 114 Å². The van der Waals surface area contributed by atoms with Crippen molar-refractivity contribution in [1.29, 1.82) is 0 Å². The van der Waals surface area contributed by atoms with Gasteiger partial charge in [-0.2, -0.15) is 0 Å². The van der Waals surface area contributed by atoms with Gasteiger partial charge in [0, 0.05) is 21.6 Å². The average Bonchev–Trinajstić information content (AvgIpc) is 2.24. The fourth-order valence-electron chi connectivity index (χ4n) is 1.10. The van der Waals surface area contributed by atoms with Crippen LogP contribution in [0.3, 0.4) is 0 Å². The number of nitrogens with zero attached hydrogens (tertiary/aromatic N) is 1. The maximum absolute atomic E-state index is 10.5. The van der Waals surface area contributed by atoms with Crippen molar-refractivity contribution in [2.45, 2.75) is 20.8 Å². The molecular weight excluding hydrogens is 333 g/mol. The summed E-state index contributed by atoms with van der Waals surface area (Å²) < 4.78 is 7.57. The molecule has 92 valence electrons. The minimum atomic E-state index is -0.428. The van der Waals surface area contributed by atoms with Crippen molar-refractivity contribution in [3.8, 4) is 5.75 Å². The van der Waals surface area contributed by atoms with Gasteiger partial charge in [0.25, 0.3) is 5.69 Å². The Morgan fingerprint density at radius 1 is 1.35 bits per heavy atom. The van der Waals surface area contributed by atoms with Gasteiger partial charge in [-0.05, 0) is 34.7 Å². The van der Waals surface area contributed by atoms with Gasteiger partial charge >= 0.3 is 0 Å². The third-order valence-corrected chi connectivity index (χ3v) is 2.68. The van der Waals surface area contributed by atoms with Gasteiger partial charge in [0.15, 0.2) is 0 Å². The molecule has 1 aromatic carbocycles. The molecule has 0 aliphatic heterocycles. The lowest BCUT2D eigenvalue weighted by Gasteiger charge is -2.22. The molecule has 0 aliphatic rings. The summed E-state index contributed by atoms with van der Waals surface area (Å²) in [5.41, 5.74) is -0.0312. The van der Waals surface area contributed by atoms with Crippen LogP contribution in [0.25, 0.3) is 0 Å². The normalized spacial score (nSPS) is 12.4. The average molecular weight is 347 g/mol. The maximum Gasteiger partial charge on any atom is 0.269 e. The molecule has 0 spiro atoms. The number of non-ortho nitro benzene ring substituents is 1. The molecule has 1 rings (SSSR count). The third-order valence-electron chi connectivity index (χ3n) is 2.11. The van der Waals surface area contributed by atoms with Crippen molar-refractivity contribution in [2.24, 2.45) is 5.41 Å². The molecule has 0 amide bonds. The number of halogens is 1. The van der Waals surface area contributed by atoms with Gasteiger partial charge in [-0.3, -0.25) is 10.1 Å². The highest BCUT2D eigenvalue weighted by atomic mass is 127. The Bertz CT molecular complexity index is 432. The van der Waals surface area contributed by atoms with Crippen molar-refractivity contribution in [3.05, 3.63) is 44.2 Å². The first kappa shape index (κ1) is 14.0. The van der Waals surface area contributed by atoms with E-state index in [2.05, 4.69) is 22.6 Å². The summed E-state index contributed by atoms with van der Waals surface area (Å²) in [5, 5.41) is 10.5. The number of nitro groups is 1. The van der Waals surface area contributed by atoms with Gasteiger partial charge in [-0.15, -0.1) is 0 Å². The largest absolute Gasteiger partial charge is 0.461 e. The predicted octanol–water partition coefficient (Wildman–Crippen LogP) is 4.30. The van der Waals surface area contributed by atoms with Gasteiger partial charge < -0.3 is 4.74 Å². The number of hydrogen-bond acceptors (Lipinski definition) is 3. The first-order valence-electron chi connectivity index (χ1n) is 5.08. The van der Waals surface area contributed by atoms with Crippen molar-refractivity contribution in [1.82, 2.24) is 0 Å². The monoisotopic (exact) mass is 347 g/mol. The highest BCUT2D eigenvalue weighted by Gasteiger charge is 2.19. The Kier molecular flexibility index (Phi) is 4.50. The Hall–Kier alpha value is -1.11. The molecule has 0 heterocycles. The van der Waals surface area contributed by atoms with Gasteiger partial charge in [-0.25, -0.2) is 0 Å². The summed E-state index contributed by atoms with van der Waals surface area (Å²) in [7, 11) is 0. The van der Waals surface area contributed by atoms with E-state index in [1.165, 1.54) is 12.1 Å². The molecule has 0 bridgehead atoms. The number of rotatable bonds is 3. The second-order valence-electron chi connectivity index (χ2n) is 4.58. The topological polar surface area (TPSA) is 52.4 Å². The van der Waals surface area contributed by atoms with Crippen LogP contribution in [0.4, 0.5) is 5.69 Å². The lowest BCUT2D eigenvalue weighted by Crippen LogP contribution is -2.14. The highest BCUT2D eigenvalue weighted by Crippen LogP contribution is 2.29. The maximum atomic E-state index is 10.5. The third kappa shape index (κ3) is 3.99. The van der Waals surface area contributed by atoms with E-state index in [-0.39, 0.29) is 11.1 Å². The van der Waals surface area contributed by atoms with Crippen LogP contribution in [-0.4, -0.2) is 4.92 Å². The highest BCUT2D eigenvalue weighted by molar-refractivity contribution is 14.1. The molecule has 0 fully saturated rings. The Balaban J connectivity index is 2.86. The summed E-state index contributed by atoms with van der Waals surface area (Å²) in [6.07, 6.45) is 0. The van der Waals surface area contributed by atoms with E-state index in [0.29, 0.717) is 5.75 Å². The van der Waals surface area contributed by atoms with E-state index >= 15 is 0 Å². The minimum Gasteiger partial charge on any atom is -0.461 e. The number of hydrogen-bond donors (Lipinski definition) is 0. The predicted molar refractivity (Wildman–Crippen MR) is 75.3 cm³/mol. The Morgan fingerprint density at radius 2 is 1.88 bits per heavy atom. The minimum absolute atomic E-state index is 0.0631. The molecule has 0 unspecified atom stereocenters. The zero-order valence-corrected chi connectivity index (χ0v) is 12.1. The molecule has 5 heteroatoms. The summed E-state index contributed by atoms with van der Waals surface area (Å²) in [4.78, 5) is 10.1. The van der Waals surface area contributed by atoms with Gasteiger partial charge in [-0.1, -0.05) is 20.8 Å². The van der Waals surface area contributed by atoms with E-state index in [9.17, 15) is 10.1 Å². The molecule has 0 aliphatic carbocycles. The van der Waals surface area contributed by atoms with Crippen molar-refractivity contribution < 1.29 is 9.66 Å². The standard InChI is InChI=1S/C12H14INO3/c1-12(2,3)11(8-13)17-10-6-4-9(5-7-10)14(15)16/h4-8H,1-3H3/b11-8+. The van der Waals surface area contributed by atoms with E-state index < -0.39 is 4.92 Å². The van der Waals surface area contributed by atoms with Crippen molar-refractivity contribution in [2.75, 3.05) is 0 Å². The van der Waals surface area contributed by atoms with Crippen LogP contribution in [0.1, 0.15) is 20.8 Å². The summed E-state index contributed by atoms with van der Waals surface area (Å²) in [6.45, 7) is 6.13. The number of benzene rings is 1. The SMILES string of the molecule is CC(C)(C)/C(=C\I)Oc1ccc([N+](=O)[O-])cc1. The summed E-state index contributed by atoms with van der Waals surface area (Å²) >= 11 is 2.12. The van der Waals surface area contributed by atoms with E-state index in [1.807, 2.05) is 24.9 Å². The van der Waals surface area contributed by atoms with Crippen LogP contribution < -0.4 is 4.74 Å². The van der Waals surface area contributed by atoms with Crippen LogP contribution in [0.15, 0.2) is 34.1 Å². The van der Waals surface area contributed by atoms with Crippen molar-refractivity contribution >= 4 is 28.3 Å².